The van der Waals surface area contributed by atoms with E-state index in [0.29, 0.717) is 6.54 Å². The van der Waals surface area contributed by atoms with E-state index in [4.69, 9.17) is 12.2 Å². The maximum absolute atomic E-state index is 12.8. The molecule has 4 nitrogen and oxygen atoms in total. The molecular formula is C13H13F3N4S. The zero-order chi connectivity index (χ0) is 15.5. The van der Waals surface area contributed by atoms with Crippen LogP contribution in [0.25, 0.3) is 0 Å². The van der Waals surface area contributed by atoms with Crippen molar-refractivity contribution in [2.75, 3.05) is 5.32 Å². The second kappa shape index (κ2) is 6.13. The lowest BCUT2D eigenvalue weighted by Crippen LogP contribution is -2.29. The van der Waals surface area contributed by atoms with E-state index in [1.807, 2.05) is 0 Å². The molecule has 0 saturated carbocycles. The third-order valence-electron chi connectivity index (χ3n) is 2.83. The summed E-state index contributed by atoms with van der Waals surface area (Å²) in [4.78, 5) is 0. The number of alkyl halides is 3. The maximum atomic E-state index is 12.8. The highest BCUT2D eigenvalue weighted by atomic mass is 32.1. The molecule has 1 heterocycles. The fourth-order valence-corrected chi connectivity index (χ4v) is 1.93. The van der Waals surface area contributed by atoms with Gasteiger partial charge in [-0.1, -0.05) is 12.1 Å². The summed E-state index contributed by atoms with van der Waals surface area (Å²) in [5.41, 5.74) is 0.0328. The Labute approximate surface area is 125 Å². The zero-order valence-electron chi connectivity index (χ0n) is 11.1. The molecule has 8 heteroatoms. The van der Waals surface area contributed by atoms with Gasteiger partial charge in [-0.3, -0.25) is 4.68 Å². The van der Waals surface area contributed by atoms with Crippen LogP contribution in [0.3, 0.4) is 0 Å². The summed E-state index contributed by atoms with van der Waals surface area (Å²) in [6.45, 7) is 0.372. The second-order valence-corrected chi connectivity index (χ2v) is 4.71. The first-order valence-electron chi connectivity index (χ1n) is 6.06. The first-order valence-corrected chi connectivity index (χ1v) is 6.46. The van der Waals surface area contributed by atoms with Crippen LogP contribution in [0.15, 0.2) is 36.5 Å². The van der Waals surface area contributed by atoms with E-state index in [9.17, 15) is 13.2 Å². The molecule has 112 valence electrons. The Balaban J connectivity index is 2.02. The van der Waals surface area contributed by atoms with Gasteiger partial charge in [-0.2, -0.15) is 18.3 Å². The summed E-state index contributed by atoms with van der Waals surface area (Å²) in [5, 5.41) is 9.52. The molecule has 0 saturated heterocycles. The molecule has 0 aliphatic carbocycles. The Bertz CT molecular complexity index is 636. The van der Waals surface area contributed by atoms with Gasteiger partial charge in [-0.25, -0.2) is 0 Å². The van der Waals surface area contributed by atoms with Crippen molar-refractivity contribution in [3.63, 3.8) is 0 Å². The predicted molar refractivity (Wildman–Crippen MR) is 77.7 cm³/mol. The normalized spacial score (nSPS) is 11.2. The molecule has 2 aromatic rings. The number of nitrogens with zero attached hydrogens (tertiary/aromatic N) is 2. The Morgan fingerprint density at radius 1 is 1.29 bits per heavy atom. The minimum absolute atomic E-state index is 0.0764. The highest BCUT2D eigenvalue weighted by Gasteiger charge is 2.33. The van der Waals surface area contributed by atoms with Crippen molar-refractivity contribution >= 4 is 23.0 Å². The van der Waals surface area contributed by atoms with Crippen LogP contribution in [0.2, 0.25) is 0 Å². The van der Waals surface area contributed by atoms with Crippen LogP contribution in [-0.4, -0.2) is 14.9 Å². The topological polar surface area (TPSA) is 41.9 Å². The highest BCUT2D eigenvalue weighted by Crippen LogP contribution is 2.34. The lowest BCUT2D eigenvalue weighted by Gasteiger charge is -2.15. The molecule has 0 amide bonds. The van der Waals surface area contributed by atoms with Gasteiger partial charge >= 0.3 is 6.18 Å². The number of hydrogen-bond acceptors (Lipinski definition) is 2. The number of halogens is 3. The molecule has 0 atom stereocenters. The first kappa shape index (κ1) is 15.3. The van der Waals surface area contributed by atoms with Crippen LogP contribution >= 0.6 is 12.2 Å². The van der Waals surface area contributed by atoms with E-state index >= 15 is 0 Å². The fraction of sp³-hybridized carbons (Fsp3) is 0.231. The molecule has 0 radical (unpaired) electrons. The van der Waals surface area contributed by atoms with Crippen LogP contribution in [0.5, 0.6) is 0 Å². The summed E-state index contributed by atoms with van der Waals surface area (Å²) in [5.74, 6) is 0. The molecule has 0 aliphatic heterocycles. The van der Waals surface area contributed by atoms with Crippen molar-refractivity contribution in [1.82, 2.24) is 15.1 Å². The quantitative estimate of drug-likeness (QED) is 0.855. The lowest BCUT2D eigenvalue weighted by molar-refractivity contribution is -0.136. The van der Waals surface area contributed by atoms with Crippen LogP contribution in [-0.2, 0) is 19.8 Å². The van der Waals surface area contributed by atoms with Crippen LogP contribution in [0, 0.1) is 0 Å². The smallest absolute Gasteiger partial charge is 0.357 e. The Hall–Kier alpha value is -2.09. The first-order chi connectivity index (χ1) is 9.88. The number of aromatic nitrogens is 2. The monoisotopic (exact) mass is 314 g/mol. The average molecular weight is 314 g/mol. The molecule has 0 aliphatic rings. The summed E-state index contributed by atoms with van der Waals surface area (Å²) in [6.07, 6.45) is -2.80. The number of rotatable bonds is 3. The number of nitrogens with one attached hydrogen (secondary N) is 2. The molecule has 0 spiro atoms. The van der Waals surface area contributed by atoms with Crippen molar-refractivity contribution < 1.29 is 13.2 Å². The van der Waals surface area contributed by atoms with E-state index in [0.717, 1.165) is 11.8 Å². The number of hydrogen-bond donors (Lipinski definition) is 2. The Morgan fingerprint density at radius 3 is 2.62 bits per heavy atom. The Kier molecular flexibility index (Phi) is 4.46. The van der Waals surface area contributed by atoms with Gasteiger partial charge in [0.25, 0.3) is 0 Å². The van der Waals surface area contributed by atoms with Gasteiger partial charge in [0.1, 0.15) is 0 Å². The summed E-state index contributed by atoms with van der Waals surface area (Å²) in [6, 6.07) is 6.98. The van der Waals surface area contributed by atoms with Crippen LogP contribution in [0.4, 0.5) is 18.9 Å². The van der Waals surface area contributed by atoms with E-state index in [-0.39, 0.29) is 10.8 Å². The number of anilines is 1. The van der Waals surface area contributed by atoms with Crippen molar-refractivity contribution in [1.29, 1.82) is 0 Å². The molecule has 2 N–H and O–H groups in total. The van der Waals surface area contributed by atoms with E-state index in [1.165, 1.54) is 18.2 Å². The minimum atomic E-state index is -4.43. The molecule has 21 heavy (non-hydrogen) atoms. The zero-order valence-corrected chi connectivity index (χ0v) is 11.9. The molecule has 1 aromatic heterocycles. The number of aryl methyl sites for hydroxylation is 1. The Morgan fingerprint density at radius 2 is 2.00 bits per heavy atom. The van der Waals surface area contributed by atoms with Crippen molar-refractivity contribution in [3.05, 3.63) is 47.8 Å². The van der Waals surface area contributed by atoms with Crippen molar-refractivity contribution in [2.45, 2.75) is 12.7 Å². The number of benzene rings is 1. The van der Waals surface area contributed by atoms with E-state index < -0.39 is 11.7 Å². The van der Waals surface area contributed by atoms with Crippen LogP contribution in [0.1, 0.15) is 11.3 Å². The van der Waals surface area contributed by atoms with Gasteiger partial charge in [0, 0.05) is 13.2 Å². The lowest BCUT2D eigenvalue weighted by atomic mass is 10.1. The maximum Gasteiger partial charge on any atom is 0.418 e. The number of thiocarbonyl (C=S) groups is 1. The van der Waals surface area contributed by atoms with Gasteiger partial charge in [-0.15, -0.1) is 0 Å². The van der Waals surface area contributed by atoms with Gasteiger partial charge in [-0.05, 0) is 30.4 Å². The van der Waals surface area contributed by atoms with Gasteiger partial charge in [0.15, 0.2) is 5.11 Å². The fourth-order valence-electron chi connectivity index (χ4n) is 1.75. The SMILES string of the molecule is Cn1nccc1CNC(=S)Nc1ccccc1C(F)(F)F. The standard InChI is InChI=1S/C13H13F3N4S/c1-20-9(6-7-18-20)8-17-12(21)19-11-5-3-2-4-10(11)13(14,15)16/h2-7H,8H2,1H3,(H2,17,19,21). The van der Waals surface area contributed by atoms with Crippen molar-refractivity contribution in [2.24, 2.45) is 7.05 Å². The molecule has 0 fully saturated rings. The molecule has 0 bridgehead atoms. The van der Waals surface area contributed by atoms with Gasteiger partial charge in [0.2, 0.25) is 0 Å². The predicted octanol–water partition coefficient (Wildman–Crippen LogP) is 2.93. The third-order valence-corrected chi connectivity index (χ3v) is 3.08. The van der Waals surface area contributed by atoms with Gasteiger partial charge < -0.3 is 10.6 Å². The van der Waals surface area contributed by atoms with Gasteiger partial charge in [0.05, 0.1) is 23.5 Å². The number of para-hydroxylation sites is 1. The van der Waals surface area contributed by atoms with Crippen molar-refractivity contribution in [3.8, 4) is 0 Å². The van der Waals surface area contributed by atoms with Crippen LogP contribution < -0.4 is 10.6 Å². The largest absolute Gasteiger partial charge is 0.418 e. The average Bonchev–Trinajstić information content (AvgIpc) is 2.81. The molecule has 0 unspecified atom stereocenters. The third kappa shape index (κ3) is 3.94. The molecular weight excluding hydrogens is 301 g/mol. The molecule has 1 aromatic carbocycles. The van der Waals surface area contributed by atoms with E-state index in [1.54, 1.807) is 24.0 Å². The minimum Gasteiger partial charge on any atom is -0.357 e. The van der Waals surface area contributed by atoms with E-state index in [2.05, 4.69) is 15.7 Å². The second-order valence-electron chi connectivity index (χ2n) is 4.30. The molecule has 2 rings (SSSR count). The highest BCUT2D eigenvalue weighted by molar-refractivity contribution is 7.80. The summed E-state index contributed by atoms with van der Waals surface area (Å²) in [7, 11) is 1.77. The summed E-state index contributed by atoms with van der Waals surface area (Å²) < 4.78 is 40.2. The summed E-state index contributed by atoms with van der Waals surface area (Å²) >= 11 is 5.02.